The Kier molecular flexibility index (Phi) is 5.08. The van der Waals surface area contributed by atoms with Gasteiger partial charge in [0.05, 0.1) is 30.4 Å². The number of anilines is 2. The fourth-order valence-corrected chi connectivity index (χ4v) is 3.22. The summed E-state index contributed by atoms with van der Waals surface area (Å²) in [6.45, 7) is 3.17. The summed E-state index contributed by atoms with van der Waals surface area (Å²) in [5, 5.41) is 0. The molecule has 3 rings (SSSR count). The standard InChI is InChI=1S/C15H18N4S.ClH/c1-11(18(2)3)10-19-14-12(6-4-8-16-14)20-13-7-5-9-17-15(13)19;/h4-9,11H,10H2,1-3H3;1H. The lowest BCUT2D eigenvalue weighted by molar-refractivity contribution is -0.881. The number of hydrogen-bond acceptors (Lipinski definition) is 4. The molecule has 1 atom stereocenters. The van der Waals surface area contributed by atoms with Gasteiger partial charge in [0.25, 0.3) is 0 Å². The van der Waals surface area contributed by atoms with Crippen molar-refractivity contribution in [1.29, 1.82) is 0 Å². The normalized spacial score (nSPS) is 14.2. The Balaban J connectivity index is 0.00000161. The van der Waals surface area contributed by atoms with Gasteiger partial charge in [-0.15, -0.1) is 0 Å². The van der Waals surface area contributed by atoms with E-state index < -0.39 is 0 Å². The highest BCUT2D eigenvalue weighted by atomic mass is 35.5. The highest BCUT2D eigenvalue weighted by Crippen LogP contribution is 2.45. The first-order chi connectivity index (χ1) is 9.66. The minimum atomic E-state index is 0. The molecule has 0 saturated heterocycles. The van der Waals surface area contributed by atoms with E-state index in [1.165, 1.54) is 14.7 Å². The van der Waals surface area contributed by atoms with Gasteiger partial charge >= 0.3 is 0 Å². The minimum absolute atomic E-state index is 0. The maximum atomic E-state index is 4.57. The van der Waals surface area contributed by atoms with E-state index in [-0.39, 0.29) is 12.4 Å². The van der Waals surface area contributed by atoms with Crippen LogP contribution in [0.3, 0.4) is 0 Å². The van der Waals surface area contributed by atoms with Crippen molar-refractivity contribution in [3.8, 4) is 0 Å². The van der Waals surface area contributed by atoms with Crippen LogP contribution < -0.4 is 22.2 Å². The second-order valence-electron chi connectivity index (χ2n) is 5.34. The average Bonchev–Trinajstić information content (AvgIpc) is 2.46. The van der Waals surface area contributed by atoms with Crippen LogP contribution in [0, 0.1) is 0 Å². The molecule has 6 heteroatoms. The summed E-state index contributed by atoms with van der Waals surface area (Å²) in [4.78, 5) is 15.2. The number of halogens is 1. The number of aromatic nitrogens is 2. The summed E-state index contributed by atoms with van der Waals surface area (Å²) >= 11 is 1.75. The highest BCUT2D eigenvalue weighted by Gasteiger charge is 2.27. The van der Waals surface area contributed by atoms with Crippen LogP contribution in [0.2, 0.25) is 0 Å². The van der Waals surface area contributed by atoms with Crippen LogP contribution in [-0.4, -0.2) is 36.6 Å². The van der Waals surface area contributed by atoms with Crippen molar-refractivity contribution in [2.24, 2.45) is 0 Å². The maximum Gasteiger partial charge on any atom is 0.148 e. The first-order valence-electron chi connectivity index (χ1n) is 6.82. The molecule has 0 fully saturated rings. The number of quaternary nitrogens is 1. The van der Waals surface area contributed by atoms with Crippen LogP contribution in [0.4, 0.5) is 11.6 Å². The molecule has 2 aromatic rings. The summed E-state index contributed by atoms with van der Waals surface area (Å²) in [6.07, 6.45) is 3.71. The molecule has 1 aliphatic heterocycles. The topological polar surface area (TPSA) is 33.5 Å². The van der Waals surface area contributed by atoms with Gasteiger partial charge in [-0.2, -0.15) is 0 Å². The third-order valence-corrected chi connectivity index (χ3v) is 4.75. The second-order valence-corrected chi connectivity index (χ2v) is 6.43. The van der Waals surface area contributed by atoms with Gasteiger partial charge in [-0.3, -0.25) is 0 Å². The lowest BCUT2D eigenvalue weighted by Crippen LogP contribution is -3.10. The van der Waals surface area contributed by atoms with Crippen molar-refractivity contribution in [2.75, 3.05) is 25.5 Å². The summed E-state index contributed by atoms with van der Waals surface area (Å²) < 4.78 is 0. The van der Waals surface area contributed by atoms with Crippen LogP contribution in [0.5, 0.6) is 0 Å². The predicted octanol–water partition coefficient (Wildman–Crippen LogP) is -1.38. The molecule has 1 aliphatic rings. The van der Waals surface area contributed by atoms with Gasteiger partial charge in [0, 0.05) is 12.4 Å². The van der Waals surface area contributed by atoms with E-state index in [1.54, 1.807) is 11.8 Å². The van der Waals surface area contributed by atoms with E-state index in [0.717, 1.165) is 18.2 Å². The molecule has 0 aromatic carbocycles. The number of hydrogen-bond donors (Lipinski definition) is 1. The molecule has 21 heavy (non-hydrogen) atoms. The molecule has 0 amide bonds. The van der Waals surface area contributed by atoms with E-state index in [0.29, 0.717) is 6.04 Å². The molecule has 1 unspecified atom stereocenters. The van der Waals surface area contributed by atoms with Crippen LogP contribution in [-0.2, 0) is 0 Å². The molecule has 0 aliphatic carbocycles. The number of pyridine rings is 2. The van der Waals surface area contributed by atoms with Gasteiger partial charge in [0.1, 0.15) is 17.7 Å². The number of fused-ring (bicyclic) bond motifs is 2. The minimum Gasteiger partial charge on any atom is -1.00 e. The number of rotatable bonds is 3. The quantitative estimate of drug-likeness (QED) is 0.755. The molecule has 112 valence electrons. The first-order valence-corrected chi connectivity index (χ1v) is 7.64. The van der Waals surface area contributed by atoms with Crippen LogP contribution in [0.1, 0.15) is 6.92 Å². The smallest absolute Gasteiger partial charge is 0.148 e. The zero-order chi connectivity index (χ0) is 14.1. The van der Waals surface area contributed by atoms with Gasteiger partial charge in [0.2, 0.25) is 0 Å². The van der Waals surface area contributed by atoms with Gasteiger partial charge in [-0.05, 0) is 31.2 Å². The number of likely N-dealkylation sites (N-methyl/N-ethyl adjacent to an activating group) is 1. The molecule has 1 N–H and O–H groups in total. The Labute approximate surface area is 136 Å². The zero-order valence-corrected chi connectivity index (χ0v) is 13.9. The molecule has 0 saturated carbocycles. The second kappa shape index (κ2) is 6.64. The van der Waals surface area contributed by atoms with E-state index in [9.17, 15) is 0 Å². The Morgan fingerprint density at radius 1 is 1.10 bits per heavy atom. The fourth-order valence-electron chi connectivity index (χ4n) is 2.18. The van der Waals surface area contributed by atoms with Gasteiger partial charge in [-0.25, -0.2) is 9.97 Å². The van der Waals surface area contributed by atoms with Crippen molar-refractivity contribution < 1.29 is 17.3 Å². The Hall–Kier alpha value is -1.30. The largest absolute Gasteiger partial charge is 1.00 e. The Bertz CT molecular complexity index is 575. The van der Waals surface area contributed by atoms with Crippen molar-refractivity contribution in [1.82, 2.24) is 9.97 Å². The Morgan fingerprint density at radius 3 is 2.10 bits per heavy atom. The molecular weight excluding hydrogens is 304 g/mol. The Morgan fingerprint density at radius 2 is 1.62 bits per heavy atom. The third-order valence-electron chi connectivity index (χ3n) is 3.68. The van der Waals surface area contributed by atoms with E-state index in [1.807, 2.05) is 24.5 Å². The number of nitrogens with zero attached hydrogens (tertiary/aromatic N) is 3. The number of nitrogens with one attached hydrogen (secondary N) is 1. The van der Waals surface area contributed by atoms with E-state index in [4.69, 9.17) is 0 Å². The third kappa shape index (κ3) is 3.15. The van der Waals surface area contributed by atoms with E-state index in [2.05, 4.69) is 48.0 Å². The molecule has 3 heterocycles. The molecule has 4 nitrogen and oxygen atoms in total. The molecule has 0 bridgehead atoms. The van der Waals surface area contributed by atoms with Crippen LogP contribution >= 0.6 is 11.8 Å². The monoisotopic (exact) mass is 322 g/mol. The van der Waals surface area contributed by atoms with Crippen molar-refractivity contribution in [3.63, 3.8) is 0 Å². The highest BCUT2D eigenvalue weighted by molar-refractivity contribution is 7.99. The SMILES string of the molecule is CC(CN1c2ncccc2Sc2cccnc21)[NH+](C)C.[Cl-]. The zero-order valence-electron chi connectivity index (χ0n) is 12.4. The molecule has 0 spiro atoms. The van der Waals surface area contributed by atoms with Crippen LogP contribution in [0.15, 0.2) is 46.5 Å². The van der Waals surface area contributed by atoms with Gasteiger partial charge in [0.15, 0.2) is 0 Å². The lowest BCUT2D eigenvalue weighted by atomic mass is 10.2. The lowest BCUT2D eigenvalue weighted by Gasteiger charge is -2.32. The van der Waals surface area contributed by atoms with Crippen molar-refractivity contribution >= 4 is 23.4 Å². The van der Waals surface area contributed by atoms with Crippen molar-refractivity contribution in [3.05, 3.63) is 36.7 Å². The predicted molar refractivity (Wildman–Crippen MR) is 81.9 cm³/mol. The van der Waals surface area contributed by atoms with Gasteiger partial charge < -0.3 is 22.2 Å². The maximum absolute atomic E-state index is 4.57. The van der Waals surface area contributed by atoms with Crippen molar-refractivity contribution in [2.45, 2.75) is 22.8 Å². The first kappa shape index (κ1) is 16.1. The summed E-state index contributed by atoms with van der Waals surface area (Å²) in [5.41, 5.74) is 0. The summed E-state index contributed by atoms with van der Waals surface area (Å²) in [5.74, 6) is 2.05. The summed E-state index contributed by atoms with van der Waals surface area (Å²) in [7, 11) is 4.37. The van der Waals surface area contributed by atoms with Crippen LogP contribution in [0.25, 0.3) is 0 Å². The van der Waals surface area contributed by atoms with E-state index >= 15 is 0 Å². The van der Waals surface area contributed by atoms with Gasteiger partial charge in [-0.1, -0.05) is 11.8 Å². The summed E-state index contributed by atoms with van der Waals surface area (Å²) in [6, 6.07) is 8.74. The fraction of sp³-hybridized carbons (Fsp3) is 0.333. The molecule has 0 radical (unpaired) electrons. The molecular formula is C15H19ClN4S. The average molecular weight is 323 g/mol. The molecule has 2 aromatic heterocycles.